The van der Waals surface area contributed by atoms with Gasteiger partial charge < -0.3 is 5.73 Å². The van der Waals surface area contributed by atoms with Gasteiger partial charge in [0.25, 0.3) is 10.1 Å². The average molecular weight is 228 g/mol. The summed E-state index contributed by atoms with van der Waals surface area (Å²) in [6.45, 7) is 0. The normalized spacial score (nSPS) is 16.9. The van der Waals surface area contributed by atoms with Crippen LogP contribution in [0.3, 0.4) is 0 Å². The van der Waals surface area contributed by atoms with Crippen molar-refractivity contribution in [1.82, 2.24) is 0 Å². The minimum Gasteiger partial charge on any atom is -0.310 e. The predicted molar refractivity (Wildman–Crippen MR) is 39.8 cm³/mol. The van der Waals surface area contributed by atoms with Crippen LogP contribution >= 0.6 is 34.8 Å². The number of nitrogens with two attached hydrogens (primary N) is 1. The van der Waals surface area contributed by atoms with Gasteiger partial charge in [-0.25, -0.2) is 0 Å². The van der Waals surface area contributed by atoms with Gasteiger partial charge in [-0.1, -0.05) is 34.8 Å². The van der Waals surface area contributed by atoms with Crippen LogP contribution in [0.15, 0.2) is 0 Å². The SMILES string of the molecule is NC(C(Cl)(Cl)Cl)S(=O)(=O)O. The third-order valence-corrected chi connectivity index (χ3v) is 2.73. The van der Waals surface area contributed by atoms with E-state index in [0.717, 1.165) is 0 Å². The van der Waals surface area contributed by atoms with Gasteiger partial charge in [0.2, 0.25) is 3.79 Å². The molecule has 0 bridgehead atoms. The molecule has 0 aliphatic carbocycles. The summed E-state index contributed by atoms with van der Waals surface area (Å²) in [7, 11) is -4.48. The minimum atomic E-state index is -4.48. The molecule has 1 unspecified atom stereocenters. The van der Waals surface area contributed by atoms with E-state index in [9.17, 15) is 8.42 Å². The lowest BCUT2D eigenvalue weighted by molar-refractivity contribution is 0.468. The number of alkyl halides is 3. The van der Waals surface area contributed by atoms with E-state index in [1.54, 1.807) is 0 Å². The Labute approximate surface area is 73.0 Å². The quantitative estimate of drug-likeness (QED) is 0.507. The van der Waals surface area contributed by atoms with Crippen LogP contribution in [0, 0.1) is 0 Å². The van der Waals surface area contributed by atoms with Crippen LogP contribution in [0.2, 0.25) is 0 Å². The average Bonchev–Trinajstić information content (AvgIpc) is 1.59. The second-order valence-electron chi connectivity index (χ2n) is 1.48. The standard InChI is InChI=1S/C2H4Cl3NO3S/c3-2(4,5)1(6)10(7,8)9/h1H,6H2,(H,7,8,9). The maximum Gasteiger partial charge on any atom is 0.285 e. The van der Waals surface area contributed by atoms with E-state index < -0.39 is 19.3 Å². The van der Waals surface area contributed by atoms with Crippen LogP contribution in [0.5, 0.6) is 0 Å². The summed E-state index contributed by atoms with van der Waals surface area (Å²) in [4.78, 5) is 0. The number of hydrogen-bond acceptors (Lipinski definition) is 3. The van der Waals surface area contributed by atoms with Gasteiger partial charge >= 0.3 is 0 Å². The van der Waals surface area contributed by atoms with Gasteiger partial charge in [0.1, 0.15) is 0 Å². The van der Waals surface area contributed by atoms with E-state index in [0.29, 0.717) is 0 Å². The Hall–Kier alpha value is 0.740. The van der Waals surface area contributed by atoms with Crippen LogP contribution in [-0.4, -0.2) is 22.1 Å². The zero-order chi connectivity index (χ0) is 8.58. The van der Waals surface area contributed by atoms with Crippen molar-refractivity contribution in [3.05, 3.63) is 0 Å². The second kappa shape index (κ2) is 3.00. The molecule has 8 heteroatoms. The highest BCUT2D eigenvalue weighted by atomic mass is 35.6. The van der Waals surface area contributed by atoms with Gasteiger partial charge in [0.15, 0.2) is 5.37 Å². The monoisotopic (exact) mass is 227 g/mol. The first-order chi connectivity index (χ1) is 4.15. The van der Waals surface area contributed by atoms with Crippen LogP contribution < -0.4 is 5.73 Å². The molecule has 0 aromatic rings. The fourth-order valence-electron chi connectivity index (χ4n) is 0.169. The summed E-state index contributed by atoms with van der Waals surface area (Å²) in [6, 6.07) is 0. The van der Waals surface area contributed by atoms with E-state index >= 15 is 0 Å². The van der Waals surface area contributed by atoms with Crippen molar-refractivity contribution in [3.8, 4) is 0 Å². The van der Waals surface area contributed by atoms with Gasteiger partial charge in [0.05, 0.1) is 0 Å². The minimum absolute atomic E-state index is 1.91. The number of rotatable bonds is 1. The molecule has 4 nitrogen and oxygen atoms in total. The van der Waals surface area contributed by atoms with Gasteiger partial charge in [-0.2, -0.15) is 8.42 Å². The fraction of sp³-hybridized carbons (Fsp3) is 1.00. The lowest BCUT2D eigenvalue weighted by Crippen LogP contribution is -2.41. The van der Waals surface area contributed by atoms with Crippen LogP contribution in [0.25, 0.3) is 0 Å². The summed E-state index contributed by atoms with van der Waals surface area (Å²) in [5.74, 6) is 0. The van der Waals surface area contributed by atoms with Crippen molar-refractivity contribution in [1.29, 1.82) is 0 Å². The largest absolute Gasteiger partial charge is 0.310 e. The molecule has 3 N–H and O–H groups in total. The molecule has 0 aromatic heterocycles. The topological polar surface area (TPSA) is 80.4 Å². The highest BCUT2D eigenvalue weighted by molar-refractivity contribution is 7.86. The van der Waals surface area contributed by atoms with Gasteiger partial charge in [-0.05, 0) is 0 Å². The van der Waals surface area contributed by atoms with Crippen molar-refractivity contribution in [2.75, 3.05) is 0 Å². The molecule has 0 radical (unpaired) electrons. The Bertz CT molecular complexity index is 206. The summed E-state index contributed by atoms with van der Waals surface area (Å²) in [5, 5.41) is -1.91. The Morgan fingerprint density at radius 2 is 1.70 bits per heavy atom. The number of halogens is 3. The molecule has 0 rings (SSSR count). The molecular weight excluding hydrogens is 224 g/mol. The van der Waals surface area contributed by atoms with Crippen LogP contribution in [0.1, 0.15) is 0 Å². The maximum atomic E-state index is 10.2. The molecule has 0 aliphatic rings. The van der Waals surface area contributed by atoms with Crippen molar-refractivity contribution in [2.24, 2.45) is 5.73 Å². The lowest BCUT2D eigenvalue weighted by atomic mass is 10.8. The van der Waals surface area contributed by atoms with E-state index in [1.165, 1.54) is 0 Å². The zero-order valence-electron chi connectivity index (χ0n) is 4.46. The van der Waals surface area contributed by atoms with Crippen molar-refractivity contribution in [2.45, 2.75) is 9.17 Å². The van der Waals surface area contributed by atoms with Crippen LogP contribution in [0.4, 0.5) is 0 Å². The first kappa shape index (κ1) is 10.7. The molecule has 0 spiro atoms. The fourth-order valence-corrected chi connectivity index (χ4v) is 1.52. The highest BCUT2D eigenvalue weighted by Crippen LogP contribution is 2.30. The summed E-state index contributed by atoms with van der Waals surface area (Å²) >= 11 is 15.1. The molecule has 0 aromatic carbocycles. The van der Waals surface area contributed by atoms with Crippen molar-refractivity contribution < 1.29 is 13.0 Å². The molecule has 0 aliphatic heterocycles. The Morgan fingerprint density at radius 3 is 1.70 bits per heavy atom. The molecule has 62 valence electrons. The summed E-state index contributed by atoms with van der Waals surface area (Å²) < 4.78 is 26.3. The Morgan fingerprint density at radius 1 is 1.40 bits per heavy atom. The first-order valence-corrected chi connectivity index (χ1v) is 4.58. The molecule has 0 heterocycles. The highest BCUT2D eigenvalue weighted by Gasteiger charge is 2.38. The Balaban J connectivity index is 4.56. The molecular formula is C2H4Cl3NO3S. The first-order valence-electron chi connectivity index (χ1n) is 1.94. The molecule has 0 saturated heterocycles. The lowest BCUT2D eigenvalue weighted by Gasteiger charge is -2.15. The maximum absolute atomic E-state index is 10.2. The third kappa shape index (κ3) is 3.23. The van der Waals surface area contributed by atoms with Crippen molar-refractivity contribution in [3.63, 3.8) is 0 Å². The van der Waals surface area contributed by atoms with E-state index in [4.69, 9.17) is 45.1 Å². The third-order valence-electron chi connectivity index (χ3n) is 0.644. The van der Waals surface area contributed by atoms with Gasteiger partial charge in [0, 0.05) is 0 Å². The molecule has 0 saturated carbocycles. The predicted octanol–water partition coefficient (Wildman–Crippen LogP) is 0.529. The molecule has 0 fully saturated rings. The van der Waals surface area contributed by atoms with Crippen molar-refractivity contribution >= 4 is 44.9 Å². The zero-order valence-corrected chi connectivity index (χ0v) is 7.54. The van der Waals surface area contributed by atoms with E-state index in [1.807, 2.05) is 0 Å². The second-order valence-corrected chi connectivity index (χ2v) is 5.38. The summed E-state index contributed by atoms with van der Waals surface area (Å²) in [6.07, 6.45) is 0. The van der Waals surface area contributed by atoms with E-state index in [-0.39, 0.29) is 0 Å². The molecule has 0 amide bonds. The smallest absolute Gasteiger partial charge is 0.285 e. The summed E-state index contributed by atoms with van der Waals surface area (Å²) in [5.41, 5.74) is 4.79. The van der Waals surface area contributed by atoms with Crippen LogP contribution in [-0.2, 0) is 10.1 Å². The van der Waals surface area contributed by atoms with E-state index in [2.05, 4.69) is 0 Å². The molecule has 10 heavy (non-hydrogen) atoms. The van der Waals surface area contributed by atoms with Gasteiger partial charge in [-0.3, -0.25) is 4.55 Å². The number of hydrogen-bond donors (Lipinski definition) is 2. The van der Waals surface area contributed by atoms with Gasteiger partial charge in [-0.15, -0.1) is 0 Å². The Kier molecular flexibility index (Phi) is 3.23. The molecule has 1 atom stereocenters.